The minimum atomic E-state index is -0.427. The molecule has 0 aromatic heterocycles. The summed E-state index contributed by atoms with van der Waals surface area (Å²) in [4.78, 5) is 11.1. The van der Waals surface area contributed by atoms with E-state index in [4.69, 9.17) is 0 Å². The molecule has 0 aliphatic heterocycles. The molecule has 0 saturated heterocycles. The Kier molecular flexibility index (Phi) is 5.06. The number of phenolic OH excluding ortho intramolecular Hbond substituents is 1. The third-order valence-corrected chi connectivity index (χ3v) is 1.71. The minimum Gasteiger partial charge on any atom is -1.00 e. The molecule has 4 heteroatoms. The first kappa shape index (κ1) is 12.5. The maximum absolute atomic E-state index is 11.1. The fourth-order valence-electron chi connectivity index (χ4n) is 0.955. The summed E-state index contributed by atoms with van der Waals surface area (Å²) in [6, 6.07) is 4.75. The van der Waals surface area contributed by atoms with E-state index in [1.807, 2.05) is 0 Å². The first-order valence-corrected chi connectivity index (χ1v) is 3.53. The van der Waals surface area contributed by atoms with Gasteiger partial charge in [-0.3, -0.25) is 0 Å². The van der Waals surface area contributed by atoms with Gasteiger partial charge in [0.15, 0.2) is 0 Å². The van der Waals surface area contributed by atoms with E-state index >= 15 is 0 Å². The molecule has 0 saturated carbocycles. The zero-order chi connectivity index (χ0) is 9.14. The van der Waals surface area contributed by atoms with Gasteiger partial charge in [-0.2, -0.15) is 0 Å². The first-order valence-electron chi connectivity index (χ1n) is 3.53. The molecule has 1 rings (SSSR count). The quantitative estimate of drug-likeness (QED) is 0.438. The molecule has 0 radical (unpaired) electrons. The summed E-state index contributed by atoms with van der Waals surface area (Å²) in [5.74, 6) is -0.318. The van der Waals surface area contributed by atoms with Crippen LogP contribution in [-0.2, 0) is 4.74 Å². The summed E-state index contributed by atoms with van der Waals surface area (Å²) in [7, 11) is 1.31. The van der Waals surface area contributed by atoms with Crippen molar-refractivity contribution < 1.29 is 45.6 Å². The average Bonchev–Trinajstić information content (AvgIpc) is 2.08. The van der Waals surface area contributed by atoms with E-state index in [2.05, 4.69) is 4.74 Å². The molecule has 0 atom stereocenters. The molecule has 0 aliphatic rings. The van der Waals surface area contributed by atoms with Gasteiger partial charge >= 0.3 is 35.5 Å². The molecule has 1 aromatic rings. The Balaban J connectivity index is 0. The monoisotopic (exact) mass is 190 g/mol. The predicted molar refractivity (Wildman–Crippen MR) is 45.3 cm³/mol. The Hall–Kier alpha value is -0.510. The second kappa shape index (κ2) is 5.27. The van der Waals surface area contributed by atoms with Gasteiger partial charge in [0.2, 0.25) is 0 Å². The van der Waals surface area contributed by atoms with Crippen molar-refractivity contribution >= 4 is 5.97 Å². The third kappa shape index (κ3) is 2.72. The fraction of sp³-hybridized carbons (Fsp3) is 0.222. The molecule has 66 valence electrons. The van der Waals surface area contributed by atoms with Crippen LogP contribution >= 0.6 is 0 Å². The van der Waals surface area contributed by atoms with Gasteiger partial charge in [0.05, 0.1) is 12.7 Å². The molecule has 0 unspecified atom stereocenters. The normalized spacial score (nSPS) is 8.77. The summed E-state index contributed by atoms with van der Waals surface area (Å²) < 4.78 is 4.52. The topological polar surface area (TPSA) is 46.5 Å². The Morgan fingerprint density at radius 3 is 2.69 bits per heavy atom. The van der Waals surface area contributed by atoms with Gasteiger partial charge in [-0.1, -0.05) is 6.07 Å². The molecule has 0 heterocycles. The van der Waals surface area contributed by atoms with Crippen LogP contribution in [0.2, 0.25) is 0 Å². The Morgan fingerprint density at radius 2 is 2.15 bits per heavy atom. The van der Waals surface area contributed by atoms with Crippen LogP contribution in [0.5, 0.6) is 5.75 Å². The number of ether oxygens (including phenoxy) is 1. The van der Waals surface area contributed by atoms with Crippen molar-refractivity contribution in [1.82, 2.24) is 0 Å². The number of carbonyl (C=O) groups excluding carboxylic acids is 1. The first-order chi connectivity index (χ1) is 5.66. The number of hydrogen-bond acceptors (Lipinski definition) is 3. The number of hydrogen-bond donors (Lipinski definition) is 1. The third-order valence-electron chi connectivity index (χ3n) is 1.71. The van der Waals surface area contributed by atoms with Crippen molar-refractivity contribution in [2.45, 2.75) is 6.92 Å². The summed E-state index contributed by atoms with van der Waals surface area (Å²) >= 11 is 0. The molecule has 0 spiro atoms. The average molecular weight is 190 g/mol. The Bertz CT molecular complexity index is 315. The van der Waals surface area contributed by atoms with E-state index in [1.54, 1.807) is 19.1 Å². The van der Waals surface area contributed by atoms with Gasteiger partial charge in [-0.05, 0) is 19.1 Å². The summed E-state index contributed by atoms with van der Waals surface area (Å²) in [5, 5.41) is 9.24. The smallest absolute Gasteiger partial charge is 1.00 e. The number of aromatic hydroxyl groups is 1. The van der Waals surface area contributed by atoms with E-state index in [0.29, 0.717) is 11.1 Å². The predicted octanol–water partition coefficient (Wildman–Crippen LogP) is -1.40. The molecule has 1 aromatic carbocycles. The van der Waals surface area contributed by atoms with Crippen LogP contribution in [-0.4, -0.2) is 18.2 Å². The largest absolute Gasteiger partial charge is 1.00 e. The Morgan fingerprint density at radius 1 is 1.54 bits per heavy atom. The van der Waals surface area contributed by atoms with Crippen LogP contribution in [0.4, 0.5) is 0 Å². The molecule has 0 bridgehead atoms. The minimum absolute atomic E-state index is 0. The number of phenols is 1. The van der Waals surface area contributed by atoms with Crippen molar-refractivity contribution in [2.75, 3.05) is 7.11 Å². The van der Waals surface area contributed by atoms with Crippen LogP contribution in [0.25, 0.3) is 0 Å². The van der Waals surface area contributed by atoms with Gasteiger partial charge in [0, 0.05) is 5.56 Å². The Labute approximate surface area is 100 Å². The summed E-state index contributed by atoms with van der Waals surface area (Å²) in [5.41, 5.74) is 0.946. The van der Waals surface area contributed by atoms with E-state index in [-0.39, 0.29) is 36.7 Å². The number of rotatable bonds is 1. The molecular weight excluding hydrogens is 179 g/mol. The molecule has 1 N–H and O–H groups in total. The summed E-state index contributed by atoms with van der Waals surface area (Å²) in [6.45, 7) is 1.67. The number of methoxy groups -OCH3 is 1. The van der Waals surface area contributed by atoms with Gasteiger partial charge in [0.25, 0.3) is 0 Å². The van der Waals surface area contributed by atoms with Crippen LogP contribution in [0, 0.1) is 6.92 Å². The molecule has 0 amide bonds. The van der Waals surface area contributed by atoms with Crippen LogP contribution in [0.1, 0.15) is 17.3 Å². The van der Waals surface area contributed by atoms with E-state index < -0.39 is 5.97 Å². The van der Waals surface area contributed by atoms with Crippen molar-refractivity contribution in [2.24, 2.45) is 0 Å². The van der Waals surface area contributed by atoms with Crippen molar-refractivity contribution in [3.63, 3.8) is 0 Å². The number of carbonyl (C=O) groups is 1. The van der Waals surface area contributed by atoms with Gasteiger partial charge < -0.3 is 11.3 Å². The van der Waals surface area contributed by atoms with Crippen molar-refractivity contribution in [3.8, 4) is 5.75 Å². The van der Waals surface area contributed by atoms with Crippen LogP contribution in [0.3, 0.4) is 0 Å². The molecule has 0 aliphatic carbocycles. The molecule has 0 fully saturated rings. The van der Waals surface area contributed by atoms with E-state index in [9.17, 15) is 9.90 Å². The van der Waals surface area contributed by atoms with E-state index in [1.165, 1.54) is 13.2 Å². The van der Waals surface area contributed by atoms with Crippen LogP contribution in [0.15, 0.2) is 18.2 Å². The maximum Gasteiger partial charge on any atom is 1.00 e. The van der Waals surface area contributed by atoms with Gasteiger partial charge in [-0.25, -0.2) is 4.79 Å². The molecular formula is C9H11NaO3. The molecule has 13 heavy (non-hydrogen) atoms. The second-order valence-corrected chi connectivity index (χ2v) is 2.44. The van der Waals surface area contributed by atoms with Crippen molar-refractivity contribution in [3.05, 3.63) is 29.3 Å². The number of benzene rings is 1. The number of esters is 1. The zero-order valence-corrected chi connectivity index (χ0v) is 10.00. The van der Waals surface area contributed by atoms with Gasteiger partial charge in [0.1, 0.15) is 5.75 Å². The van der Waals surface area contributed by atoms with Crippen LogP contribution < -0.4 is 29.6 Å². The SMILES string of the molecule is COC(=O)c1cccc(O)c1C.[H-].[Na+]. The maximum atomic E-state index is 11.1. The van der Waals surface area contributed by atoms with E-state index in [0.717, 1.165) is 0 Å². The summed E-state index contributed by atoms with van der Waals surface area (Å²) in [6.07, 6.45) is 0. The zero-order valence-electron chi connectivity index (χ0n) is 9.00. The standard InChI is InChI=1S/C9H10O3.Na.H/c1-6-7(9(11)12-2)4-3-5-8(6)10;;/h3-5,10H,1-2H3;;/q;+1;-1. The van der Waals surface area contributed by atoms with Gasteiger partial charge in [-0.15, -0.1) is 0 Å². The van der Waals surface area contributed by atoms with Crippen molar-refractivity contribution in [1.29, 1.82) is 0 Å². The fourth-order valence-corrected chi connectivity index (χ4v) is 0.955. The molecule has 3 nitrogen and oxygen atoms in total. The second-order valence-electron chi connectivity index (χ2n) is 2.44.